The Morgan fingerprint density at radius 3 is 2.50 bits per heavy atom. The lowest BCUT2D eigenvalue weighted by molar-refractivity contribution is -0.300. The number of aliphatic hydroxyl groups is 4. The molecule has 0 saturated carbocycles. The second-order valence-electron chi connectivity index (χ2n) is 8.22. The van der Waals surface area contributed by atoms with Gasteiger partial charge in [0.05, 0.1) is 25.4 Å². The van der Waals surface area contributed by atoms with Gasteiger partial charge >= 0.3 is 5.69 Å². The van der Waals surface area contributed by atoms with Crippen LogP contribution in [0.3, 0.4) is 0 Å². The van der Waals surface area contributed by atoms with Gasteiger partial charge in [0.15, 0.2) is 6.29 Å². The first-order valence-electron chi connectivity index (χ1n) is 10.7. The van der Waals surface area contributed by atoms with E-state index >= 15 is 0 Å². The zero-order valence-corrected chi connectivity index (χ0v) is 21.1. The molecule has 2 fully saturated rings. The molecule has 3 rings (SSSR count). The second kappa shape index (κ2) is 12.0. The normalized spacial score (nSPS) is 34.7. The predicted octanol–water partition coefficient (Wildman–Crippen LogP) is -3.40. The lowest BCUT2D eigenvalue weighted by Crippen LogP contribution is -2.58. The van der Waals surface area contributed by atoms with Crippen LogP contribution in [0.25, 0.3) is 10.4 Å². The number of aliphatic hydroxyl groups excluding tert-OH is 4. The number of aryl methyl sites for hydroxylation is 1. The first-order chi connectivity index (χ1) is 17.6. The second-order valence-corrected chi connectivity index (χ2v) is 11.1. The SMILES string of the molecule is Cc1cn([C@H]2C[C@H](O)[C@@H](COP(=O)([O-])OP(=O)([O-])O[C@H]3O[C@H](CN=[N+]=[N-])[C@@H](O)[C@H](O)[C@H]3O)O2)c(=O)[nH]c1=O. The molecule has 0 aliphatic carbocycles. The fourth-order valence-electron chi connectivity index (χ4n) is 3.56. The van der Waals surface area contributed by atoms with Crippen LogP contribution < -0.4 is 21.0 Å². The van der Waals surface area contributed by atoms with Gasteiger partial charge < -0.3 is 44.2 Å². The minimum Gasteiger partial charge on any atom is -0.756 e. The lowest BCUT2D eigenvalue weighted by Gasteiger charge is -2.42. The van der Waals surface area contributed by atoms with Crippen LogP contribution in [0.4, 0.5) is 0 Å². The molecule has 3 heterocycles. The van der Waals surface area contributed by atoms with Crippen molar-refractivity contribution >= 4 is 15.6 Å². The molecule has 0 bridgehead atoms. The molecule has 10 atom stereocenters. The molecule has 214 valence electrons. The topological polar surface area (TPSA) is 311 Å². The summed E-state index contributed by atoms with van der Waals surface area (Å²) in [5.41, 5.74) is 7.03. The highest BCUT2D eigenvalue weighted by Crippen LogP contribution is 2.57. The molecular weight excluding hydrogens is 564 g/mol. The summed E-state index contributed by atoms with van der Waals surface area (Å²) in [5, 5.41) is 42.8. The van der Waals surface area contributed by atoms with Crippen molar-refractivity contribution in [3.8, 4) is 0 Å². The standard InChI is InChI=1S/C16H25N5O15P2/c1-6-4-21(16(27)19-14(6)26)10-2-7(22)9(33-10)5-32-37(28,29)36-38(30,31)35-15-13(25)12(24)11(23)8(34-15)3-18-20-17/h4,7-13,15,22-25H,2-3,5H2,1H3,(H,28,29)(H,30,31)(H,19,26,27)/p-2/t7-,8+,9+,10+,11+,12-,13+,15+/m0/s1. The van der Waals surface area contributed by atoms with Crippen LogP contribution in [-0.4, -0.2) is 86.0 Å². The van der Waals surface area contributed by atoms with E-state index in [1.807, 2.05) is 4.98 Å². The van der Waals surface area contributed by atoms with Crippen LogP contribution in [0.15, 0.2) is 20.9 Å². The Balaban J connectivity index is 1.60. The van der Waals surface area contributed by atoms with Crippen molar-refractivity contribution in [2.75, 3.05) is 13.2 Å². The van der Waals surface area contributed by atoms with E-state index in [4.69, 9.17) is 15.0 Å². The van der Waals surface area contributed by atoms with Crippen LogP contribution in [0.1, 0.15) is 18.2 Å². The van der Waals surface area contributed by atoms with Crippen molar-refractivity contribution < 1.29 is 62.2 Å². The maximum atomic E-state index is 12.1. The van der Waals surface area contributed by atoms with Crippen molar-refractivity contribution in [1.29, 1.82) is 0 Å². The number of rotatable bonds is 10. The molecule has 2 aliphatic heterocycles. The third kappa shape index (κ3) is 7.35. The van der Waals surface area contributed by atoms with E-state index in [1.165, 1.54) is 13.1 Å². The van der Waals surface area contributed by atoms with Gasteiger partial charge in [-0.25, -0.2) is 9.11 Å². The van der Waals surface area contributed by atoms with E-state index in [9.17, 15) is 48.9 Å². The number of ether oxygens (including phenoxy) is 2. The summed E-state index contributed by atoms with van der Waals surface area (Å²) in [4.78, 5) is 52.2. The molecule has 22 heteroatoms. The first-order valence-corrected chi connectivity index (χ1v) is 13.6. The summed E-state index contributed by atoms with van der Waals surface area (Å²) in [7, 11) is -11.6. The van der Waals surface area contributed by atoms with Crippen molar-refractivity contribution in [2.45, 2.75) is 62.5 Å². The highest BCUT2D eigenvalue weighted by molar-refractivity contribution is 7.59. The fourth-order valence-corrected chi connectivity index (χ4v) is 5.65. The highest BCUT2D eigenvalue weighted by Gasteiger charge is 2.46. The van der Waals surface area contributed by atoms with E-state index in [1.54, 1.807) is 0 Å². The van der Waals surface area contributed by atoms with Crippen LogP contribution in [-0.2, 0) is 32.0 Å². The van der Waals surface area contributed by atoms with Gasteiger partial charge in [-0.15, -0.1) is 0 Å². The molecule has 20 nitrogen and oxygen atoms in total. The number of azide groups is 1. The van der Waals surface area contributed by atoms with Gasteiger partial charge in [-0.05, 0) is 12.5 Å². The average molecular weight is 587 g/mol. The van der Waals surface area contributed by atoms with Gasteiger partial charge in [0.25, 0.3) is 21.2 Å². The van der Waals surface area contributed by atoms with Gasteiger partial charge in [0, 0.05) is 23.1 Å². The molecule has 2 unspecified atom stereocenters. The average Bonchev–Trinajstić information content (AvgIpc) is 3.19. The number of H-pyrrole nitrogens is 1. The Kier molecular flexibility index (Phi) is 9.67. The number of aromatic amines is 1. The third-order valence-electron chi connectivity index (χ3n) is 5.48. The Morgan fingerprint density at radius 2 is 1.84 bits per heavy atom. The summed E-state index contributed by atoms with van der Waals surface area (Å²) in [5.74, 6) is 0. The van der Waals surface area contributed by atoms with E-state index in [0.29, 0.717) is 0 Å². The zero-order valence-electron chi connectivity index (χ0n) is 19.3. The van der Waals surface area contributed by atoms with E-state index < -0.39 is 89.2 Å². The predicted molar refractivity (Wildman–Crippen MR) is 115 cm³/mol. The maximum Gasteiger partial charge on any atom is 0.330 e. The van der Waals surface area contributed by atoms with Crippen molar-refractivity contribution in [2.24, 2.45) is 5.11 Å². The molecule has 5 N–H and O–H groups in total. The first kappa shape index (κ1) is 30.6. The van der Waals surface area contributed by atoms with Gasteiger partial charge in [-0.2, -0.15) is 0 Å². The van der Waals surface area contributed by atoms with Gasteiger partial charge in [0.1, 0.15) is 30.6 Å². The lowest BCUT2D eigenvalue weighted by atomic mass is 9.99. The minimum absolute atomic E-state index is 0.157. The van der Waals surface area contributed by atoms with Gasteiger partial charge in [0.2, 0.25) is 0 Å². The zero-order chi connectivity index (χ0) is 28.4. The Hall–Kier alpha value is -1.99. The number of phosphoric acid groups is 2. The van der Waals surface area contributed by atoms with Crippen LogP contribution in [0.5, 0.6) is 0 Å². The van der Waals surface area contributed by atoms with Crippen LogP contribution in [0.2, 0.25) is 0 Å². The molecule has 1 aromatic heterocycles. The number of hydrogen-bond donors (Lipinski definition) is 5. The maximum absolute atomic E-state index is 12.1. The molecular formula is C16H23N5O15P2-2. The number of nitrogens with one attached hydrogen (secondary N) is 1. The fraction of sp³-hybridized carbons (Fsp3) is 0.750. The number of aromatic nitrogens is 2. The molecule has 2 saturated heterocycles. The van der Waals surface area contributed by atoms with Crippen molar-refractivity contribution in [1.82, 2.24) is 9.55 Å². The summed E-state index contributed by atoms with van der Waals surface area (Å²) in [6.45, 7) is -0.156. The van der Waals surface area contributed by atoms with Crippen LogP contribution >= 0.6 is 15.6 Å². The van der Waals surface area contributed by atoms with Gasteiger partial charge in [-0.3, -0.25) is 28.0 Å². The summed E-state index contributed by atoms with van der Waals surface area (Å²) in [6, 6.07) is 0. The molecule has 0 aromatic carbocycles. The molecule has 1 aromatic rings. The molecule has 0 spiro atoms. The van der Waals surface area contributed by atoms with Gasteiger partial charge in [-0.1, -0.05) is 5.11 Å². The minimum atomic E-state index is -5.89. The number of nitrogens with zero attached hydrogens (tertiary/aromatic N) is 4. The molecule has 2 aliphatic rings. The van der Waals surface area contributed by atoms with Crippen LogP contribution in [0, 0.1) is 6.92 Å². The third-order valence-corrected chi connectivity index (χ3v) is 8.01. The summed E-state index contributed by atoms with van der Waals surface area (Å²) < 4.78 is 48.2. The number of hydrogen-bond acceptors (Lipinski definition) is 16. The highest BCUT2D eigenvalue weighted by atomic mass is 31.3. The van der Waals surface area contributed by atoms with E-state index in [-0.39, 0.29) is 12.0 Å². The smallest absolute Gasteiger partial charge is 0.330 e. The molecule has 0 amide bonds. The summed E-state index contributed by atoms with van der Waals surface area (Å²) in [6.07, 6.45) is -12.7. The quantitative estimate of drug-likeness (QED) is 0.0771. The Morgan fingerprint density at radius 1 is 1.16 bits per heavy atom. The number of phosphoric ester groups is 2. The largest absolute Gasteiger partial charge is 0.756 e. The Labute approximate surface area is 211 Å². The van der Waals surface area contributed by atoms with Crippen molar-refractivity contribution in [3.05, 3.63) is 43.0 Å². The molecule has 38 heavy (non-hydrogen) atoms. The van der Waals surface area contributed by atoms with Crippen molar-refractivity contribution in [3.63, 3.8) is 0 Å². The Bertz CT molecular complexity index is 1270. The van der Waals surface area contributed by atoms with E-state index in [2.05, 4.69) is 23.4 Å². The monoisotopic (exact) mass is 587 g/mol. The molecule has 0 radical (unpaired) electrons. The van der Waals surface area contributed by atoms with E-state index in [0.717, 1.165) is 4.57 Å². The summed E-state index contributed by atoms with van der Waals surface area (Å²) >= 11 is 0.